The molecule has 0 radical (unpaired) electrons. The summed E-state index contributed by atoms with van der Waals surface area (Å²) in [6.07, 6.45) is 7.59. The Labute approximate surface area is 145 Å². The van der Waals surface area contributed by atoms with Crippen molar-refractivity contribution in [3.8, 4) is 5.75 Å². The van der Waals surface area contributed by atoms with Crippen molar-refractivity contribution in [2.45, 2.75) is 52.9 Å². The third kappa shape index (κ3) is 9.82. The minimum atomic E-state index is -0.349. The monoisotopic (exact) mass is 334 g/mol. The number of carbonyl (C=O) groups is 2. The van der Waals surface area contributed by atoms with E-state index in [1.807, 2.05) is 12.1 Å². The first-order valence-electron chi connectivity index (χ1n) is 8.16. The van der Waals surface area contributed by atoms with E-state index in [1.54, 1.807) is 19.1 Å². The predicted molar refractivity (Wildman–Crippen MR) is 97.5 cm³/mol. The fourth-order valence-corrected chi connectivity index (χ4v) is 2.12. The molecule has 0 atom stereocenters. The van der Waals surface area contributed by atoms with E-state index in [-0.39, 0.29) is 19.2 Å². The van der Waals surface area contributed by atoms with Gasteiger partial charge in [-0.3, -0.25) is 4.79 Å². The molecule has 0 spiro atoms. The lowest BCUT2D eigenvalue weighted by atomic mass is 10.1. The van der Waals surface area contributed by atoms with Gasteiger partial charge in [-0.15, -0.1) is 0 Å². The van der Waals surface area contributed by atoms with Gasteiger partial charge in [-0.25, -0.2) is 4.79 Å². The third-order valence-corrected chi connectivity index (χ3v) is 3.48. The molecule has 24 heavy (non-hydrogen) atoms. The van der Waals surface area contributed by atoms with Gasteiger partial charge in [0, 0.05) is 11.6 Å². The molecule has 0 saturated carbocycles. The van der Waals surface area contributed by atoms with Crippen LogP contribution in [0.3, 0.4) is 0 Å². The Morgan fingerprint density at radius 3 is 2.04 bits per heavy atom. The van der Waals surface area contributed by atoms with E-state index >= 15 is 0 Å². The van der Waals surface area contributed by atoms with Crippen LogP contribution in [0.5, 0.6) is 5.75 Å². The first-order valence-corrected chi connectivity index (χ1v) is 8.16. The van der Waals surface area contributed by atoms with Crippen molar-refractivity contribution in [1.82, 2.24) is 0 Å². The topological polar surface area (TPSA) is 52.6 Å². The molecule has 0 amide bonds. The summed E-state index contributed by atoms with van der Waals surface area (Å²) in [5, 5.41) is 0. The number of ketones is 1. The zero-order valence-electron chi connectivity index (χ0n) is 13.9. The molecule has 0 aliphatic carbocycles. The van der Waals surface area contributed by atoms with Crippen LogP contribution in [-0.2, 0) is 9.53 Å². The highest BCUT2D eigenvalue weighted by Crippen LogP contribution is 2.13. The Morgan fingerprint density at radius 2 is 1.50 bits per heavy atom. The van der Waals surface area contributed by atoms with Crippen LogP contribution >= 0.6 is 0 Å². The highest BCUT2D eigenvalue weighted by Gasteiger charge is 2.00. The smallest absolute Gasteiger partial charge is 0.330 e. The lowest BCUT2D eigenvalue weighted by molar-refractivity contribution is -0.137. The van der Waals surface area contributed by atoms with Crippen LogP contribution in [0.25, 0.3) is 0 Å². The summed E-state index contributed by atoms with van der Waals surface area (Å²) in [6, 6.07) is 7.25. The largest absolute Gasteiger partial charge is 0.494 e. The van der Waals surface area contributed by atoms with Gasteiger partial charge in [0.15, 0.2) is 5.78 Å². The molecule has 0 saturated heterocycles. The van der Waals surface area contributed by atoms with E-state index < -0.39 is 0 Å². The zero-order valence-corrected chi connectivity index (χ0v) is 13.9. The standard InChI is InChI=1S/C19H26O4.CH4/c1-3-19(21)23-15-9-7-5-4-6-8-14-22-18-12-10-17(11-13-18)16(2)20;/h3,10-13H,1,4-9,14-15H2,2H3;1H4. The van der Waals surface area contributed by atoms with Gasteiger partial charge >= 0.3 is 5.97 Å². The normalized spacial score (nSPS) is 9.71. The van der Waals surface area contributed by atoms with Gasteiger partial charge in [-0.05, 0) is 44.0 Å². The second-order valence-electron chi connectivity index (χ2n) is 5.42. The molecular weight excluding hydrogens is 304 g/mol. The van der Waals surface area contributed by atoms with Crippen LogP contribution in [0.15, 0.2) is 36.9 Å². The number of hydrogen-bond donors (Lipinski definition) is 0. The van der Waals surface area contributed by atoms with E-state index in [9.17, 15) is 9.59 Å². The molecule has 0 fully saturated rings. The van der Waals surface area contributed by atoms with Crippen LogP contribution in [0.1, 0.15) is 63.2 Å². The van der Waals surface area contributed by atoms with Crippen LogP contribution < -0.4 is 4.74 Å². The molecule has 0 aliphatic rings. The number of esters is 1. The lowest BCUT2D eigenvalue weighted by Gasteiger charge is -2.06. The Hall–Kier alpha value is -2.10. The first kappa shape index (κ1) is 21.9. The van der Waals surface area contributed by atoms with E-state index in [1.165, 1.54) is 6.08 Å². The van der Waals surface area contributed by atoms with Gasteiger partial charge in [-0.2, -0.15) is 0 Å². The molecule has 1 rings (SSSR count). The van der Waals surface area contributed by atoms with Gasteiger partial charge in [0.1, 0.15) is 5.75 Å². The Bertz CT molecular complexity index is 491. The maximum atomic E-state index is 11.2. The Kier molecular flexibility index (Phi) is 12.2. The highest BCUT2D eigenvalue weighted by atomic mass is 16.5. The first-order chi connectivity index (χ1) is 11.1. The molecule has 0 bridgehead atoms. The average Bonchev–Trinajstić information content (AvgIpc) is 2.56. The molecular formula is C20H30O4. The molecule has 1 aromatic rings. The number of benzene rings is 1. The lowest BCUT2D eigenvalue weighted by Crippen LogP contribution is -2.01. The number of carbonyl (C=O) groups excluding carboxylic acids is 2. The zero-order chi connectivity index (χ0) is 16.9. The maximum absolute atomic E-state index is 11.2. The number of unbranched alkanes of at least 4 members (excludes halogenated alkanes) is 5. The summed E-state index contributed by atoms with van der Waals surface area (Å²) < 4.78 is 10.6. The summed E-state index contributed by atoms with van der Waals surface area (Å²) >= 11 is 0. The third-order valence-electron chi connectivity index (χ3n) is 3.48. The van der Waals surface area contributed by atoms with E-state index in [2.05, 4.69) is 6.58 Å². The minimum Gasteiger partial charge on any atom is -0.494 e. The molecule has 4 heteroatoms. The van der Waals surface area contributed by atoms with Crippen molar-refractivity contribution in [3.63, 3.8) is 0 Å². The summed E-state index contributed by atoms with van der Waals surface area (Å²) in [4.78, 5) is 22.0. The van der Waals surface area contributed by atoms with Gasteiger partial charge in [0.05, 0.1) is 13.2 Å². The Balaban J connectivity index is 0.00000529. The van der Waals surface area contributed by atoms with E-state index in [0.717, 1.165) is 44.3 Å². The molecule has 0 heterocycles. The molecule has 134 valence electrons. The van der Waals surface area contributed by atoms with Gasteiger partial charge < -0.3 is 9.47 Å². The van der Waals surface area contributed by atoms with Crippen molar-refractivity contribution in [2.75, 3.05) is 13.2 Å². The molecule has 0 aliphatic heterocycles. The van der Waals surface area contributed by atoms with Crippen LogP contribution in [0.2, 0.25) is 0 Å². The second-order valence-corrected chi connectivity index (χ2v) is 5.42. The summed E-state index contributed by atoms with van der Waals surface area (Å²) in [5.74, 6) is 0.522. The van der Waals surface area contributed by atoms with Crippen molar-refractivity contribution in [2.24, 2.45) is 0 Å². The SMILES string of the molecule is C.C=CC(=O)OCCCCCCCCOc1ccc(C(C)=O)cc1. The summed E-state index contributed by atoms with van der Waals surface area (Å²) in [6.45, 7) is 6.07. The molecule has 4 nitrogen and oxygen atoms in total. The number of hydrogen-bond acceptors (Lipinski definition) is 4. The number of ether oxygens (including phenoxy) is 2. The van der Waals surface area contributed by atoms with Gasteiger partial charge in [0.2, 0.25) is 0 Å². The molecule has 0 unspecified atom stereocenters. The minimum absolute atomic E-state index is 0. The molecule has 1 aromatic carbocycles. The predicted octanol–water partition coefficient (Wildman–Crippen LogP) is 4.97. The summed E-state index contributed by atoms with van der Waals surface area (Å²) in [5.41, 5.74) is 0.705. The molecule has 0 aromatic heterocycles. The van der Waals surface area contributed by atoms with Crippen LogP contribution in [0, 0.1) is 0 Å². The number of rotatable bonds is 12. The van der Waals surface area contributed by atoms with Gasteiger partial charge in [-0.1, -0.05) is 39.7 Å². The fraction of sp³-hybridized carbons (Fsp3) is 0.500. The van der Waals surface area contributed by atoms with Crippen molar-refractivity contribution in [3.05, 3.63) is 42.5 Å². The second kappa shape index (κ2) is 13.3. The van der Waals surface area contributed by atoms with Gasteiger partial charge in [0.25, 0.3) is 0 Å². The van der Waals surface area contributed by atoms with Crippen molar-refractivity contribution >= 4 is 11.8 Å². The van der Waals surface area contributed by atoms with Crippen molar-refractivity contribution < 1.29 is 19.1 Å². The Morgan fingerprint density at radius 1 is 0.958 bits per heavy atom. The summed E-state index contributed by atoms with van der Waals surface area (Å²) in [7, 11) is 0. The van der Waals surface area contributed by atoms with E-state index in [0.29, 0.717) is 18.8 Å². The molecule has 0 N–H and O–H groups in total. The quantitative estimate of drug-likeness (QED) is 0.234. The van der Waals surface area contributed by atoms with Crippen molar-refractivity contribution in [1.29, 1.82) is 0 Å². The average molecular weight is 334 g/mol. The van der Waals surface area contributed by atoms with Crippen LogP contribution in [0.4, 0.5) is 0 Å². The van der Waals surface area contributed by atoms with Crippen LogP contribution in [-0.4, -0.2) is 25.0 Å². The van der Waals surface area contributed by atoms with E-state index in [4.69, 9.17) is 9.47 Å². The maximum Gasteiger partial charge on any atom is 0.330 e. The highest BCUT2D eigenvalue weighted by molar-refractivity contribution is 5.94. The number of Topliss-reactive ketones (excluding diaryl/α,β-unsaturated/α-hetero) is 1. The fourth-order valence-electron chi connectivity index (χ4n) is 2.12.